The molecular formula is C21H20F2N2O. The molecule has 1 aromatic heterocycles. The monoisotopic (exact) mass is 354 g/mol. The van der Waals surface area contributed by atoms with E-state index in [0.29, 0.717) is 11.3 Å². The number of benzene rings is 2. The molecule has 3 nitrogen and oxygen atoms in total. The molecule has 3 aromatic rings. The van der Waals surface area contributed by atoms with Crippen molar-refractivity contribution in [1.29, 1.82) is 0 Å². The molecule has 1 saturated heterocycles. The van der Waals surface area contributed by atoms with Crippen molar-refractivity contribution in [1.82, 2.24) is 4.98 Å². The van der Waals surface area contributed by atoms with Crippen molar-refractivity contribution in [3.8, 4) is 11.3 Å². The Morgan fingerprint density at radius 3 is 2.58 bits per heavy atom. The highest BCUT2D eigenvalue weighted by atomic mass is 19.1. The zero-order valence-electron chi connectivity index (χ0n) is 14.6. The molecule has 0 spiro atoms. The molecule has 0 atom stereocenters. The van der Waals surface area contributed by atoms with Gasteiger partial charge in [0.15, 0.2) is 5.43 Å². The molecular weight excluding hydrogens is 334 g/mol. The molecule has 4 rings (SSSR count). The zero-order valence-corrected chi connectivity index (χ0v) is 14.6. The van der Waals surface area contributed by atoms with E-state index in [2.05, 4.69) is 16.0 Å². The Morgan fingerprint density at radius 2 is 1.81 bits per heavy atom. The van der Waals surface area contributed by atoms with Crippen LogP contribution < -0.4 is 10.3 Å². The average molecular weight is 354 g/mol. The Balaban J connectivity index is 1.87. The van der Waals surface area contributed by atoms with Crippen LogP contribution in [0.4, 0.5) is 14.5 Å². The number of rotatable bonds is 2. The molecule has 134 valence electrons. The number of aromatic amines is 1. The molecule has 2 aromatic carbocycles. The van der Waals surface area contributed by atoms with Crippen LogP contribution >= 0.6 is 0 Å². The van der Waals surface area contributed by atoms with E-state index in [4.69, 9.17) is 0 Å². The summed E-state index contributed by atoms with van der Waals surface area (Å²) in [5, 5.41) is -0.0974. The molecule has 5 heteroatoms. The van der Waals surface area contributed by atoms with Gasteiger partial charge in [0, 0.05) is 36.0 Å². The number of fused-ring (bicyclic) bond motifs is 1. The summed E-state index contributed by atoms with van der Waals surface area (Å²) in [4.78, 5) is 18.0. The first-order valence-corrected chi connectivity index (χ1v) is 8.91. The first kappa shape index (κ1) is 16.8. The van der Waals surface area contributed by atoms with Gasteiger partial charge in [-0.1, -0.05) is 12.1 Å². The van der Waals surface area contributed by atoms with E-state index in [1.165, 1.54) is 19.3 Å². The SMILES string of the molecule is Cc1c(-c2cccc(N3CCCCC3)c2)[nH]c2cc(F)cc(F)c2c1=O. The number of H-pyrrole nitrogens is 1. The van der Waals surface area contributed by atoms with Crippen molar-refractivity contribution >= 4 is 16.6 Å². The van der Waals surface area contributed by atoms with E-state index >= 15 is 0 Å². The summed E-state index contributed by atoms with van der Waals surface area (Å²) in [6.07, 6.45) is 3.60. The molecule has 0 amide bonds. The maximum atomic E-state index is 14.1. The number of pyridine rings is 1. The van der Waals surface area contributed by atoms with Gasteiger partial charge in [-0.2, -0.15) is 0 Å². The Bertz CT molecular complexity index is 1040. The lowest BCUT2D eigenvalue weighted by molar-refractivity contribution is 0.578. The van der Waals surface area contributed by atoms with E-state index in [-0.39, 0.29) is 10.9 Å². The number of hydrogen-bond donors (Lipinski definition) is 1. The van der Waals surface area contributed by atoms with Crippen LogP contribution in [0, 0.1) is 18.6 Å². The van der Waals surface area contributed by atoms with E-state index in [9.17, 15) is 13.6 Å². The van der Waals surface area contributed by atoms with Crippen molar-refractivity contribution < 1.29 is 8.78 Å². The fourth-order valence-electron chi connectivity index (χ4n) is 3.73. The van der Waals surface area contributed by atoms with E-state index in [1.54, 1.807) is 6.92 Å². The van der Waals surface area contributed by atoms with E-state index in [1.807, 2.05) is 18.2 Å². The second kappa shape index (κ2) is 6.56. The number of nitrogens with one attached hydrogen (secondary N) is 1. The third-order valence-corrected chi connectivity index (χ3v) is 5.11. The normalized spacial score (nSPS) is 14.8. The smallest absolute Gasteiger partial charge is 0.195 e. The third-order valence-electron chi connectivity index (χ3n) is 5.11. The van der Waals surface area contributed by atoms with Gasteiger partial charge in [0.2, 0.25) is 0 Å². The fraction of sp³-hybridized carbons (Fsp3) is 0.286. The van der Waals surface area contributed by atoms with Crippen LogP contribution in [0.2, 0.25) is 0 Å². The van der Waals surface area contributed by atoms with Crippen LogP contribution in [0.1, 0.15) is 24.8 Å². The number of aromatic nitrogens is 1. The molecule has 0 bridgehead atoms. The summed E-state index contributed by atoms with van der Waals surface area (Å²) in [5.41, 5.74) is 2.75. The first-order chi connectivity index (χ1) is 12.5. The van der Waals surface area contributed by atoms with Gasteiger partial charge in [-0.05, 0) is 44.4 Å². The van der Waals surface area contributed by atoms with Gasteiger partial charge in [-0.15, -0.1) is 0 Å². The summed E-state index contributed by atoms with van der Waals surface area (Å²) < 4.78 is 27.7. The van der Waals surface area contributed by atoms with Gasteiger partial charge in [0.05, 0.1) is 16.6 Å². The van der Waals surface area contributed by atoms with Crippen LogP contribution in [-0.2, 0) is 0 Å². The number of halogens is 2. The lowest BCUT2D eigenvalue weighted by Crippen LogP contribution is -2.29. The van der Waals surface area contributed by atoms with Gasteiger partial charge < -0.3 is 9.88 Å². The van der Waals surface area contributed by atoms with Crippen molar-refractivity contribution in [2.24, 2.45) is 0 Å². The lowest BCUT2D eigenvalue weighted by atomic mass is 10.0. The Labute approximate surface area is 150 Å². The first-order valence-electron chi connectivity index (χ1n) is 8.91. The van der Waals surface area contributed by atoms with Crippen molar-refractivity contribution in [2.75, 3.05) is 18.0 Å². The van der Waals surface area contributed by atoms with Crippen LogP contribution in [0.25, 0.3) is 22.2 Å². The number of anilines is 1. The molecule has 0 saturated carbocycles. The highest BCUT2D eigenvalue weighted by molar-refractivity contribution is 5.84. The quantitative estimate of drug-likeness (QED) is 0.719. The minimum atomic E-state index is -0.835. The molecule has 0 aliphatic carbocycles. The second-order valence-corrected chi connectivity index (χ2v) is 6.86. The van der Waals surface area contributed by atoms with Crippen molar-refractivity contribution in [2.45, 2.75) is 26.2 Å². The summed E-state index contributed by atoms with van der Waals surface area (Å²) in [5.74, 6) is -1.54. The number of hydrogen-bond acceptors (Lipinski definition) is 2. The van der Waals surface area contributed by atoms with Crippen LogP contribution in [0.15, 0.2) is 41.2 Å². The van der Waals surface area contributed by atoms with Crippen LogP contribution in [-0.4, -0.2) is 18.1 Å². The van der Waals surface area contributed by atoms with Crippen LogP contribution in [0.5, 0.6) is 0 Å². The molecule has 1 aliphatic heterocycles. The van der Waals surface area contributed by atoms with Gasteiger partial charge >= 0.3 is 0 Å². The third kappa shape index (κ3) is 2.87. The molecule has 0 unspecified atom stereocenters. The molecule has 0 radical (unpaired) electrons. The topological polar surface area (TPSA) is 36.1 Å². The predicted octanol–water partition coefficient (Wildman–Crippen LogP) is 4.77. The standard InChI is InChI=1S/C21H20F2N2O/c1-13-20(24-18-12-15(22)11-17(23)19(18)21(13)26)14-6-5-7-16(10-14)25-8-3-2-4-9-25/h5-7,10-12H,2-4,8-9H2,1H3,(H,24,26). The van der Waals surface area contributed by atoms with E-state index < -0.39 is 17.1 Å². The summed E-state index contributed by atoms with van der Waals surface area (Å²) in [7, 11) is 0. The van der Waals surface area contributed by atoms with Gasteiger partial charge in [-0.25, -0.2) is 8.78 Å². The van der Waals surface area contributed by atoms with Gasteiger partial charge in [0.25, 0.3) is 0 Å². The molecule has 1 N–H and O–H groups in total. The largest absolute Gasteiger partial charge is 0.372 e. The molecule has 26 heavy (non-hydrogen) atoms. The van der Waals surface area contributed by atoms with Gasteiger partial charge in [0.1, 0.15) is 11.6 Å². The van der Waals surface area contributed by atoms with Crippen molar-refractivity contribution in [3.63, 3.8) is 0 Å². The Morgan fingerprint density at radius 1 is 1.04 bits per heavy atom. The Kier molecular flexibility index (Phi) is 4.23. The lowest BCUT2D eigenvalue weighted by Gasteiger charge is -2.29. The maximum absolute atomic E-state index is 14.1. The maximum Gasteiger partial charge on any atom is 0.195 e. The highest BCUT2D eigenvalue weighted by Crippen LogP contribution is 2.28. The minimum Gasteiger partial charge on any atom is -0.372 e. The summed E-state index contributed by atoms with van der Waals surface area (Å²) in [6, 6.07) is 9.86. The van der Waals surface area contributed by atoms with Crippen LogP contribution in [0.3, 0.4) is 0 Å². The van der Waals surface area contributed by atoms with E-state index in [0.717, 1.165) is 36.5 Å². The average Bonchev–Trinajstić information content (AvgIpc) is 2.65. The van der Waals surface area contributed by atoms with Crippen molar-refractivity contribution in [3.05, 3.63) is 63.8 Å². The number of nitrogens with zero attached hydrogens (tertiary/aromatic N) is 1. The molecule has 2 heterocycles. The number of piperidine rings is 1. The second-order valence-electron chi connectivity index (χ2n) is 6.86. The molecule has 1 aliphatic rings. The zero-order chi connectivity index (χ0) is 18.3. The highest BCUT2D eigenvalue weighted by Gasteiger charge is 2.16. The summed E-state index contributed by atoms with van der Waals surface area (Å²) in [6.45, 7) is 3.71. The van der Waals surface area contributed by atoms with Gasteiger partial charge in [-0.3, -0.25) is 4.79 Å². The minimum absolute atomic E-state index is 0.0974. The predicted molar refractivity (Wildman–Crippen MR) is 101 cm³/mol. The summed E-state index contributed by atoms with van der Waals surface area (Å²) >= 11 is 0. The molecule has 1 fully saturated rings. The Hall–Kier alpha value is -2.69. The fourth-order valence-corrected chi connectivity index (χ4v) is 3.73.